The first-order chi connectivity index (χ1) is 18.0. The predicted octanol–water partition coefficient (Wildman–Crippen LogP) is 2.43. The molecule has 2 aromatic heterocycles. The second-order valence-corrected chi connectivity index (χ2v) is 9.12. The number of anilines is 1. The highest BCUT2D eigenvalue weighted by Gasteiger charge is 2.45. The number of cyclic esters (lactones) is 1. The number of fused-ring (bicyclic) bond motifs is 5. The topological polar surface area (TPSA) is 148 Å². The number of carbonyl (C=O) groups is 3. The quantitative estimate of drug-likeness (QED) is 0.297. The molecule has 1 atom stereocenters. The van der Waals surface area contributed by atoms with Crippen molar-refractivity contribution in [2.24, 2.45) is 0 Å². The van der Waals surface area contributed by atoms with Gasteiger partial charge >= 0.3 is 18.0 Å². The van der Waals surface area contributed by atoms with Gasteiger partial charge in [0, 0.05) is 29.6 Å². The van der Waals surface area contributed by atoms with Crippen molar-refractivity contribution in [3.63, 3.8) is 0 Å². The lowest BCUT2D eigenvalue weighted by Gasteiger charge is -2.31. The fourth-order valence-corrected chi connectivity index (χ4v) is 4.66. The summed E-state index contributed by atoms with van der Waals surface area (Å²) in [6.45, 7) is 4.22. The van der Waals surface area contributed by atoms with Crippen molar-refractivity contribution in [3.8, 4) is 11.4 Å². The molecule has 0 saturated carbocycles. The summed E-state index contributed by atoms with van der Waals surface area (Å²) in [6, 6.07) is 5.80. The number of hydrogen-bond donors (Lipinski definition) is 2. The number of carbonyl (C=O) groups excluding carboxylic acids is 2. The van der Waals surface area contributed by atoms with Crippen molar-refractivity contribution in [2.75, 3.05) is 18.6 Å². The minimum Gasteiger partial charge on any atom is -0.478 e. The number of pyridine rings is 2. The molecule has 5 rings (SSSR count). The van der Waals surface area contributed by atoms with Crippen molar-refractivity contribution in [2.45, 2.75) is 32.1 Å². The van der Waals surface area contributed by atoms with Gasteiger partial charge in [-0.3, -0.25) is 9.69 Å². The molecule has 2 aliphatic rings. The Hall–Kier alpha value is -4.58. The third kappa shape index (κ3) is 3.72. The molecule has 0 fully saturated rings. The number of carboxylic acid groups (broad SMARTS) is 1. The lowest BCUT2D eigenvalue weighted by Crippen LogP contribution is -2.44. The van der Waals surface area contributed by atoms with Crippen LogP contribution in [-0.4, -0.2) is 51.5 Å². The summed E-state index contributed by atoms with van der Waals surface area (Å²) in [5, 5.41) is 20.3. The summed E-state index contributed by atoms with van der Waals surface area (Å²) in [7, 11) is 1.27. The SMILES string of the molecule is C=C(COC(=O)N(C)c1cc2cc3c(nc2cc1F)-c1cc2c(c(=O)n1C3)COC(=O)[C@]2(O)CC)C(=O)O. The molecule has 0 unspecified atom stereocenters. The van der Waals surface area contributed by atoms with Crippen LogP contribution in [0.25, 0.3) is 22.3 Å². The fraction of sp³-hybridized carbons (Fsp3) is 0.269. The van der Waals surface area contributed by atoms with E-state index in [4.69, 9.17) is 14.6 Å². The average molecular weight is 523 g/mol. The van der Waals surface area contributed by atoms with Gasteiger partial charge in [0.1, 0.15) is 19.0 Å². The van der Waals surface area contributed by atoms with E-state index in [9.17, 15) is 24.3 Å². The Morgan fingerprint density at radius 1 is 1.29 bits per heavy atom. The largest absolute Gasteiger partial charge is 0.478 e. The highest BCUT2D eigenvalue weighted by atomic mass is 19.1. The Bertz CT molecular complexity index is 1650. The normalized spacial score (nSPS) is 17.3. The van der Waals surface area contributed by atoms with E-state index in [1.165, 1.54) is 17.7 Å². The second-order valence-electron chi connectivity index (χ2n) is 9.12. The van der Waals surface area contributed by atoms with Gasteiger partial charge in [-0.25, -0.2) is 23.8 Å². The number of aliphatic hydroxyl groups is 1. The van der Waals surface area contributed by atoms with Crippen LogP contribution in [0.5, 0.6) is 0 Å². The Balaban J connectivity index is 1.54. The van der Waals surface area contributed by atoms with E-state index in [-0.39, 0.29) is 47.5 Å². The summed E-state index contributed by atoms with van der Waals surface area (Å²) in [4.78, 5) is 54.2. The minimum absolute atomic E-state index is 0.00803. The van der Waals surface area contributed by atoms with Crippen molar-refractivity contribution in [1.82, 2.24) is 9.55 Å². The van der Waals surface area contributed by atoms with Crippen LogP contribution in [0, 0.1) is 5.82 Å². The summed E-state index contributed by atoms with van der Waals surface area (Å²) in [5.74, 6) is -2.94. The molecule has 12 heteroatoms. The maximum absolute atomic E-state index is 15.0. The molecule has 3 aromatic rings. The number of carboxylic acids is 1. The molecule has 0 aliphatic carbocycles. The molecule has 0 spiro atoms. The summed E-state index contributed by atoms with van der Waals surface area (Å²) in [5.41, 5.74) is -0.802. The van der Waals surface area contributed by atoms with E-state index in [0.29, 0.717) is 22.3 Å². The zero-order valence-electron chi connectivity index (χ0n) is 20.4. The molecule has 1 amide bonds. The van der Waals surface area contributed by atoms with E-state index in [2.05, 4.69) is 11.6 Å². The molecule has 38 heavy (non-hydrogen) atoms. The van der Waals surface area contributed by atoms with Crippen LogP contribution in [-0.2, 0) is 37.8 Å². The van der Waals surface area contributed by atoms with Gasteiger partial charge in [-0.2, -0.15) is 0 Å². The monoisotopic (exact) mass is 523 g/mol. The maximum atomic E-state index is 15.0. The molecule has 0 saturated heterocycles. The van der Waals surface area contributed by atoms with E-state index >= 15 is 4.39 Å². The van der Waals surface area contributed by atoms with Crippen molar-refractivity contribution in [3.05, 3.63) is 69.3 Å². The van der Waals surface area contributed by atoms with Gasteiger partial charge in [0.05, 0.1) is 40.3 Å². The molecular formula is C26H22FN3O8. The Kier molecular flexibility index (Phi) is 5.79. The van der Waals surface area contributed by atoms with Crippen LogP contribution >= 0.6 is 0 Å². The number of ether oxygens (including phenoxy) is 2. The smallest absolute Gasteiger partial charge is 0.414 e. The van der Waals surface area contributed by atoms with Crippen LogP contribution in [0.15, 0.2) is 41.2 Å². The zero-order chi connectivity index (χ0) is 27.5. The highest BCUT2D eigenvalue weighted by molar-refractivity contribution is 5.94. The number of amides is 1. The van der Waals surface area contributed by atoms with E-state index in [1.807, 2.05) is 0 Å². The zero-order valence-corrected chi connectivity index (χ0v) is 20.4. The summed E-state index contributed by atoms with van der Waals surface area (Å²) in [6.07, 6.45) is -0.974. The first kappa shape index (κ1) is 25.1. The highest BCUT2D eigenvalue weighted by Crippen LogP contribution is 2.39. The second kappa shape index (κ2) is 8.77. The summed E-state index contributed by atoms with van der Waals surface area (Å²) >= 11 is 0. The maximum Gasteiger partial charge on any atom is 0.414 e. The number of benzene rings is 1. The lowest BCUT2D eigenvalue weighted by atomic mass is 9.86. The lowest BCUT2D eigenvalue weighted by molar-refractivity contribution is -0.172. The molecule has 196 valence electrons. The Morgan fingerprint density at radius 3 is 2.71 bits per heavy atom. The van der Waals surface area contributed by atoms with Gasteiger partial charge in [-0.1, -0.05) is 13.5 Å². The summed E-state index contributed by atoms with van der Waals surface area (Å²) < 4.78 is 26.5. The Morgan fingerprint density at radius 2 is 2.03 bits per heavy atom. The standard InChI is InChI=1S/C26H22FN3O8/c1-4-26(36)16-7-20-21-14(9-30(20)22(31)15(16)11-37-24(26)34)5-13-6-19(17(27)8-18(13)28-21)29(3)25(35)38-10-12(2)23(32)33/h5-8,36H,2,4,9-11H2,1,3H3,(H,32,33)/t26-/m0/s1. The number of halogens is 1. The van der Waals surface area contributed by atoms with Gasteiger partial charge in [-0.05, 0) is 24.6 Å². The van der Waals surface area contributed by atoms with E-state index in [1.54, 1.807) is 19.1 Å². The first-order valence-electron chi connectivity index (χ1n) is 11.6. The molecule has 11 nitrogen and oxygen atoms in total. The fourth-order valence-electron chi connectivity index (χ4n) is 4.66. The molecular weight excluding hydrogens is 501 g/mol. The molecule has 2 aliphatic heterocycles. The van der Waals surface area contributed by atoms with Crippen LogP contribution in [0.1, 0.15) is 30.0 Å². The third-order valence-electron chi connectivity index (χ3n) is 6.88. The number of aliphatic carboxylic acids is 1. The number of rotatable bonds is 5. The van der Waals surface area contributed by atoms with Crippen LogP contribution in [0.3, 0.4) is 0 Å². The van der Waals surface area contributed by atoms with Crippen molar-refractivity contribution < 1.29 is 38.5 Å². The minimum atomic E-state index is -1.96. The molecule has 4 heterocycles. The Labute approximate surface area is 214 Å². The predicted molar refractivity (Wildman–Crippen MR) is 131 cm³/mol. The van der Waals surface area contributed by atoms with Gasteiger partial charge < -0.3 is 24.3 Å². The van der Waals surface area contributed by atoms with Crippen LogP contribution in [0.2, 0.25) is 0 Å². The average Bonchev–Trinajstić information content (AvgIpc) is 3.25. The first-order valence-corrected chi connectivity index (χ1v) is 11.6. The third-order valence-corrected chi connectivity index (χ3v) is 6.88. The van der Waals surface area contributed by atoms with Gasteiger partial charge in [0.2, 0.25) is 0 Å². The van der Waals surface area contributed by atoms with Crippen LogP contribution < -0.4 is 10.5 Å². The number of aromatic nitrogens is 2. The molecule has 1 aromatic carbocycles. The van der Waals surface area contributed by atoms with Gasteiger partial charge in [0.25, 0.3) is 5.56 Å². The number of esters is 1. The number of hydrogen-bond acceptors (Lipinski definition) is 8. The number of nitrogens with zero attached hydrogens (tertiary/aromatic N) is 3. The van der Waals surface area contributed by atoms with Crippen molar-refractivity contribution in [1.29, 1.82) is 0 Å². The molecule has 0 bridgehead atoms. The van der Waals surface area contributed by atoms with E-state index < -0.39 is 41.6 Å². The van der Waals surface area contributed by atoms with Gasteiger partial charge in [-0.15, -0.1) is 0 Å². The molecule has 0 radical (unpaired) electrons. The van der Waals surface area contributed by atoms with Crippen LogP contribution in [0.4, 0.5) is 14.9 Å². The molecule has 2 N–H and O–H groups in total. The van der Waals surface area contributed by atoms with Crippen molar-refractivity contribution >= 4 is 34.6 Å². The van der Waals surface area contributed by atoms with E-state index in [0.717, 1.165) is 11.0 Å². The van der Waals surface area contributed by atoms with Gasteiger partial charge in [0.15, 0.2) is 5.60 Å².